The van der Waals surface area contributed by atoms with E-state index in [9.17, 15) is 13.2 Å². The molecule has 1 amide bonds. The van der Waals surface area contributed by atoms with Crippen LogP contribution in [0.2, 0.25) is 0 Å². The van der Waals surface area contributed by atoms with Crippen LogP contribution in [0.15, 0.2) is 23.1 Å². The molecule has 1 aliphatic rings. The normalized spacial score (nSPS) is 16.4. The van der Waals surface area contributed by atoms with Gasteiger partial charge in [0.25, 0.3) is 0 Å². The maximum atomic E-state index is 12.9. The lowest BCUT2D eigenvalue weighted by Crippen LogP contribution is -2.37. The molecular formula is C19H31N3O4S. The van der Waals surface area contributed by atoms with Crippen molar-refractivity contribution in [2.24, 2.45) is 5.92 Å². The average Bonchev–Trinajstić information content (AvgIpc) is 2.68. The van der Waals surface area contributed by atoms with Crippen molar-refractivity contribution in [3.05, 3.63) is 18.2 Å². The van der Waals surface area contributed by atoms with Gasteiger partial charge in [-0.15, -0.1) is 0 Å². The molecule has 7 nitrogen and oxygen atoms in total. The molecule has 1 aliphatic heterocycles. The quantitative estimate of drug-likeness (QED) is 0.729. The number of sulfonamides is 1. The fourth-order valence-electron chi connectivity index (χ4n) is 3.01. The molecule has 1 atom stereocenters. The predicted octanol–water partition coefficient (Wildman–Crippen LogP) is 2.54. The van der Waals surface area contributed by atoms with Crippen LogP contribution in [0.1, 0.15) is 34.1 Å². The minimum atomic E-state index is -3.59. The standard InChI is InChI=1S/C19H31N3O4S/c1-5-15(4)19(23)20-17-14-16(27(24,25)22(6-2)7-3)8-9-18(17)21-10-12-26-13-11-21/h8-9,14-15H,5-7,10-13H2,1-4H3,(H,20,23)/t15-/m1/s1. The van der Waals surface area contributed by atoms with Crippen LogP contribution in [0.25, 0.3) is 0 Å². The molecule has 0 aliphatic carbocycles. The van der Waals surface area contributed by atoms with Crippen LogP contribution in [-0.4, -0.2) is 58.0 Å². The van der Waals surface area contributed by atoms with E-state index in [0.29, 0.717) is 45.1 Å². The molecule has 1 heterocycles. The van der Waals surface area contributed by atoms with Gasteiger partial charge >= 0.3 is 0 Å². The summed E-state index contributed by atoms with van der Waals surface area (Å²) in [4.78, 5) is 14.8. The lowest BCUT2D eigenvalue weighted by molar-refractivity contribution is -0.119. The second kappa shape index (κ2) is 9.52. The van der Waals surface area contributed by atoms with Gasteiger partial charge in [-0.3, -0.25) is 4.79 Å². The number of benzene rings is 1. The predicted molar refractivity (Wildman–Crippen MR) is 108 cm³/mol. The maximum absolute atomic E-state index is 12.9. The van der Waals surface area contributed by atoms with Crippen LogP contribution < -0.4 is 10.2 Å². The fraction of sp³-hybridized carbons (Fsp3) is 0.632. The number of rotatable bonds is 8. The number of amides is 1. The summed E-state index contributed by atoms with van der Waals surface area (Å²) in [5, 5.41) is 2.94. The molecule has 1 fully saturated rings. The third kappa shape index (κ3) is 5.00. The number of nitrogens with one attached hydrogen (secondary N) is 1. The van der Waals surface area contributed by atoms with E-state index >= 15 is 0 Å². The molecular weight excluding hydrogens is 366 g/mol. The van der Waals surface area contributed by atoms with Crippen LogP contribution in [0.3, 0.4) is 0 Å². The summed E-state index contributed by atoms with van der Waals surface area (Å²) in [5.41, 5.74) is 1.36. The Morgan fingerprint density at radius 3 is 2.41 bits per heavy atom. The molecule has 27 heavy (non-hydrogen) atoms. The zero-order valence-electron chi connectivity index (χ0n) is 16.7. The summed E-state index contributed by atoms with van der Waals surface area (Å²) in [7, 11) is -3.59. The minimum Gasteiger partial charge on any atom is -0.378 e. The molecule has 152 valence electrons. The van der Waals surface area contributed by atoms with Gasteiger partial charge in [0.2, 0.25) is 15.9 Å². The number of carbonyl (C=O) groups is 1. The number of morpholine rings is 1. The Morgan fingerprint density at radius 2 is 1.85 bits per heavy atom. The second-order valence-corrected chi connectivity index (χ2v) is 8.60. The van der Waals surface area contributed by atoms with Crippen molar-refractivity contribution in [1.29, 1.82) is 0 Å². The van der Waals surface area contributed by atoms with E-state index in [1.165, 1.54) is 4.31 Å². The van der Waals surface area contributed by atoms with Crippen molar-refractivity contribution in [3.8, 4) is 0 Å². The lowest BCUT2D eigenvalue weighted by atomic mass is 10.1. The first kappa shape index (κ1) is 21.7. The van der Waals surface area contributed by atoms with Gasteiger partial charge in [0.15, 0.2) is 0 Å². The summed E-state index contributed by atoms with van der Waals surface area (Å²) >= 11 is 0. The Labute approximate surface area is 162 Å². The first-order chi connectivity index (χ1) is 12.8. The van der Waals surface area contributed by atoms with Crippen molar-refractivity contribution >= 4 is 27.3 Å². The first-order valence-electron chi connectivity index (χ1n) is 9.62. The summed E-state index contributed by atoms with van der Waals surface area (Å²) < 4.78 is 32.6. The highest BCUT2D eigenvalue weighted by molar-refractivity contribution is 7.89. The number of ether oxygens (including phenoxy) is 1. The number of anilines is 2. The van der Waals surface area contributed by atoms with E-state index in [0.717, 1.165) is 12.1 Å². The molecule has 0 unspecified atom stereocenters. The summed E-state index contributed by atoms with van der Waals surface area (Å²) in [6, 6.07) is 4.99. The summed E-state index contributed by atoms with van der Waals surface area (Å²) in [6.45, 7) is 10.9. The number of hydrogen-bond acceptors (Lipinski definition) is 5. The number of carbonyl (C=O) groups excluding carboxylic acids is 1. The second-order valence-electron chi connectivity index (χ2n) is 6.67. The van der Waals surface area contributed by atoms with Crippen molar-refractivity contribution in [2.45, 2.75) is 39.0 Å². The van der Waals surface area contributed by atoms with Crippen molar-refractivity contribution in [1.82, 2.24) is 4.31 Å². The minimum absolute atomic E-state index is 0.107. The van der Waals surface area contributed by atoms with E-state index in [-0.39, 0.29) is 16.7 Å². The van der Waals surface area contributed by atoms with Crippen LogP contribution in [0.5, 0.6) is 0 Å². The number of hydrogen-bond donors (Lipinski definition) is 1. The zero-order valence-corrected chi connectivity index (χ0v) is 17.5. The Bertz CT molecular complexity index is 741. The van der Waals surface area contributed by atoms with Gasteiger partial charge in [0, 0.05) is 32.1 Å². The zero-order chi connectivity index (χ0) is 20.0. The molecule has 1 N–H and O–H groups in total. The largest absolute Gasteiger partial charge is 0.378 e. The third-order valence-corrected chi connectivity index (χ3v) is 7.03. The Morgan fingerprint density at radius 1 is 1.22 bits per heavy atom. The van der Waals surface area contributed by atoms with Crippen molar-refractivity contribution < 1.29 is 17.9 Å². The molecule has 1 saturated heterocycles. The van der Waals surface area contributed by atoms with Crippen molar-refractivity contribution in [2.75, 3.05) is 49.6 Å². The molecule has 0 radical (unpaired) electrons. The summed E-state index contributed by atoms with van der Waals surface area (Å²) in [6.07, 6.45) is 0.718. The lowest BCUT2D eigenvalue weighted by Gasteiger charge is -2.31. The molecule has 0 bridgehead atoms. The molecule has 1 aromatic rings. The third-order valence-electron chi connectivity index (χ3n) is 4.98. The topological polar surface area (TPSA) is 79.0 Å². The monoisotopic (exact) mass is 397 g/mol. The van der Waals surface area contributed by atoms with E-state index in [1.54, 1.807) is 18.2 Å². The van der Waals surface area contributed by atoms with Gasteiger partial charge in [-0.2, -0.15) is 4.31 Å². The molecule has 0 spiro atoms. The molecule has 8 heteroatoms. The Balaban J connectivity index is 2.45. The van der Waals surface area contributed by atoms with Crippen molar-refractivity contribution in [3.63, 3.8) is 0 Å². The van der Waals surface area contributed by atoms with E-state index in [2.05, 4.69) is 10.2 Å². The first-order valence-corrected chi connectivity index (χ1v) is 11.1. The Kier molecular flexibility index (Phi) is 7.64. The molecule has 1 aromatic carbocycles. The maximum Gasteiger partial charge on any atom is 0.243 e. The smallest absolute Gasteiger partial charge is 0.243 e. The Hall–Kier alpha value is -1.64. The van der Waals surface area contributed by atoms with Gasteiger partial charge in [-0.05, 0) is 24.6 Å². The van der Waals surface area contributed by atoms with Gasteiger partial charge in [-0.25, -0.2) is 8.42 Å². The average molecular weight is 398 g/mol. The van der Waals surface area contributed by atoms with E-state index in [4.69, 9.17) is 4.74 Å². The molecule has 0 aromatic heterocycles. The van der Waals surface area contributed by atoms with Gasteiger partial charge in [0.05, 0.1) is 29.5 Å². The highest BCUT2D eigenvalue weighted by Gasteiger charge is 2.25. The van der Waals surface area contributed by atoms with Crippen LogP contribution >= 0.6 is 0 Å². The highest BCUT2D eigenvalue weighted by Crippen LogP contribution is 2.31. The molecule has 2 rings (SSSR count). The van der Waals surface area contributed by atoms with Crippen LogP contribution in [-0.2, 0) is 19.6 Å². The SMILES string of the molecule is CC[C@@H](C)C(=O)Nc1cc(S(=O)(=O)N(CC)CC)ccc1N1CCOCC1. The van der Waals surface area contributed by atoms with E-state index in [1.807, 2.05) is 27.7 Å². The summed E-state index contributed by atoms with van der Waals surface area (Å²) in [5.74, 6) is -0.255. The van der Waals surface area contributed by atoms with E-state index < -0.39 is 10.0 Å². The van der Waals surface area contributed by atoms with Crippen LogP contribution in [0.4, 0.5) is 11.4 Å². The van der Waals surface area contributed by atoms with Gasteiger partial charge in [0.1, 0.15) is 0 Å². The van der Waals surface area contributed by atoms with Gasteiger partial charge in [-0.1, -0.05) is 27.7 Å². The van der Waals surface area contributed by atoms with Gasteiger partial charge < -0.3 is 15.0 Å². The number of nitrogens with zero attached hydrogens (tertiary/aromatic N) is 2. The fourth-order valence-corrected chi connectivity index (χ4v) is 4.49. The van der Waals surface area contributed by atoms with Crippen LogP contribution in [0, 0.1) is 5.92 Å². The molecule has 0 saturated carbocycles. The highest BCUT2D eigenvalue weighted by atomic mass is 32.2.